The number of unbranched alkanes of at least 4 members (excludes halogenated alkanes) is 3. The highest BCUT2D eigenvalue weighted by Gasteiger charge is 2.09. The van der Waals surface area contributed by atoms with E-state index in [1.165, 1.54) is 17.7 Å². The monoisotopic (exact) mass is 403 g/mol. The molecule has 160 valence electrons. The van der Waals surface area contributed by atoms with Gasteiger partial charge in [-0.2, -0.15) is 0 Å². The molecule has 2 aromatic rings. The van der Waals surface area contributed by atoms with Crippen molar-refractivity contribution in [2.45, 2.75) is 38.2 Å². The molecule has 0 aliphatic rings. The van der Waals surface area contributed by atoms with Gasteiger partial charge < -0.3 is 30.1 Å². The SMILES string of the molecule is COc1ccc(CCOCCCCCCNCC(O)c2ccc(O)c(O)c2)cc1. The Morgan fingerprint density at radius 2 is 1.66 bits per heavy atom. The second-order valence-corrected chi connectivity index (χ2v) is 7.09. The van der Waals surface area contributed by atoms with E-state index in [4.69, 9.17) is 9.47 Å². The molecule has 0 saturated heterocycles. The lowest BCUT2D eigenvalue weighted by molar-refractivity contribution is 0.132. The minimum atomic E-state index is -0.708. The van der Waals surface area contributed by atoms with E-state index in [0.29, 0.717) is 12.1 Å². The standard InChI is InChI=1S/C23H33NO5/c1-28-20-9-6-18(7-10-20)12-15-29-14-5-3-2-4-13-24-17-23(27)19-8-11-21(25)22(26)16-19/h6-11,16,23-27H,2-5,12-15,17H2,1H3. The smallest absolute Gasteiger partial charge is 0.157 e. The Hall–Kier alpha value is -2.28. The number of aliphatic hydroxyl groups is 1. The summed E-state index contributed by atoms with van der Waals surface area (Å²) in [5.41, 5.74) is 1.83. The first-order valence-corrected chi connectivity index (χ1v) is 10.2. The molecule has 1 unspecified atom stereocenters. The molecule has 0 heterocycles. The number of rotatable bonds is 14. The summed E-state index contributed by atoms with van der Waals surface area (Å²) < 4.78 is 10.9. The molecule has 0 aromatic heterocycles. The summed E-state index contributed by atoms with van der Waals surface area (Å²) in [6, 6.07) is 12.4. The molecular weight excluding hydrogens is 370 g/mol. The number of aliphatic hydroxyl groups excluding tert-OH is 1. The fraction of sp³-hybridized carbons (Fsp3) is 0.478. The number of hydrogen-bond donors (Lipinski definition) is 4. The van der Waals surface area contributed by atoms with Crippen LogP contribution in [0.1, 0.15) is 42.9 Å². The van der Waals surface area contributed by atoms with Gasteiger partial charge in [-0.05, 0) is 61.2 Å². The first-order valence-electron chi connectivity index (χ1n) is 10.2. The lowest BCUT2D eigenvalue weighted by atomic mass is 10.1. The third kappa shape index (κ3) is 8.73. The quantitative estimate of drug-likeness (QED) is 0.285. The van der Waals surface area contributed by atoms with E-state index >= 15 is 0 Å². The number of phenolic OH excluding ortho intramolecular Hbond substituents is 2. The summed E-state index contributed by atoms with van der Waals surface area (Å²) in [5, 5.41) is 32.1. The van der Waals surface area contributed by atoms with Crippen LogP contribution in [0.2, 0.25) is 0 Å². The number of aromatic hydroxyl groups is 2. The van der Waals surface area contributed by atoms with E-state index in [2.05, 4.69) is 17.4 Å². The average molecular weight is 404 g/mol. The first kappa shape index (κ1) is 23.0. The molecular formula is C23H33NO5. The highest BCUT2D eigenvalue weighted by molar-refractivity contribution is 5.41. The molecule has 2 aromatic carbocycles. The minimum Gasteiger partial charge on any atom is -0.504 e. The molecule has 0 aliphatic carbocycles. The fourth-order valence-corrected chi connectivity index (χ4v) is 3.00. The van der Waals surface area contributed by atoms with E-state index < -0.39 is 6.10 Å². The van der Waals surface area contributed by atoms with E-state index in [0.717, 1.165) is 57.6 Å². The Labute approximate surface area is 173 Å². The topological polar surface area (TPSA) is 91.2 Å². The van der Waals surface area contributed by atoms with Crippen molar-refractivity contribution in [1.82, 2.24) is 5.32 Å². The van der Waals surface area contributed by atoms with Gasteiger partial charge in [0.15, 0.2) is 11.5 Å². The molecule has 4 N–H and O–H groups in total. The molecule has 1 atom stereocenters. The zero-order chi connectivity index (χ0) is 20.9. The zero-order valence-corrected chi connectivity index (χ0v) is 17.1. The van der Waals surface area contributed by atoms with Crippen molar-refractivity contribution in [3.8, 4) is 17.2 Å². The number of benzene rings is 2. The molecule has 0 amide bonds. The Balaban J connectivity index is 1.42. The molecule has 6 heteroatoms. The molecule has 0 saturated carbocycles. The largest absolute Gasteiger partial charge is 0.504 e. The molecule has 6 nitrogen and oxygen atoms in total. The van der Waals surface area contributed by atoms with Crippen LogP contribution in [0.15, 0.2) is 42.5 Å². The second kappa shape index (κ2) is 13.0. The minimum absolute atomic E-state index is 0.182. The molecule has 29 heavy (non-hydrogen) atoms. The lowest BCUT2D eigenvalue weighted by Gasteiger charge is -2.13. The highest BCUT2D eigenvalue weighted by Crippen LogP contribution is 2.27. The van der Waals surface area contributed by atoms with Crippen LogP contribution in [0.4, 0.5) is 0 Å². The van der Waals surface area contributed by atoms with Crippen molar-refractivity contribution in [2.75, 3.05) is 33.4 Å². The predicted octanol–water partition coefficient (Wildman–Crippen LogP) is 3.55. The van der Waals surface area contributed by atoms with Crippen LogP contribution >= 0.6 is 0 Å². The van der Waals surface area contributed by atoms with E-state index in [1.54, 1.807) is 13.2 Å². The van der Waals surface area contributed by atoms with Gasteiger partial charge in [0.25, 0.3) is 0 Å². The Morgan fingerprint density at radius 1 is 0.897 bits per heavy atom. The van der Waals surface area contributed by atoms with Gasteiger partial charge in [0, 0.05) is 13.2 Å². The van der Waals surface area contributed by atoms with Crippen molar-refractivity contribution in [3.05, 3.63) is 53.6 Å². The molecule has 2 rings (SSSR count). The molecule has 0 bridgehead atoms. The lowest BCUT2D eigenvalue weighted by Crippen LogP contribution is -2.22. The van der Waals surface area contributed by atoms with Gasteiger partial charge in [-0.25, -0.2) is 0 Å². The maximum atomic E-state index is 10.1. The van der Waals surface area contributed by atoms with Gasteiger partial charge in [0.05, 0.1) is 19.8 Å². The number of hydrogen-bond acceptors (Lipinski definition) is 6. The van der Waals surface area contributed by atoms with Crippen molar-refractivity contribution in [2.24, 2.45) is 0 Å². The first-order chi connectivity index (χ1) is 14.1. The van der Waals surface area contributed by atoms with Crippen molar-refractivity contribution in [1.29, 1.82) is 0 Å². The number of ether oxygens (including phenoxy) is 2. The number of phenols is 2. The average Bonchev–Trinajstić information content (AvgIpc) is 2.74. The number of nitrogens with one attached hydrogen (secondary N) is 1. The Bertz CT molecular complexity index is 705. The third-order valence-electron chi connectivity index (χ3n) is 4.81. The third-order valence-corrected chi connectivity index (χ3v) is 4.81. The Kier molecular flexibility index (Phi) is 10.3. The zero-order valence-electron chi connectivity index (χ0n) is 17.1. The van der Waals surface area contributed by atoms with Crippen molar-refractivity contribution >= 4 is 0 Å². The number of methoxy groups -OCH3 is 1. The molecule has 0 radical (unpaired) electrons. The van der Waals surface area contributed by atoms with E-state index in [1.807, 2.05) is 12.1 Å². The summed E-state index contributed by atoms with van der Waals surface area (Å²) in [5.74, 6) is 0.477. The van der Waals surface area contributed by atoms with Crippen LogP contribution in [-0.4, -0.2) is 48.7 Å². The summed E-state index contributed by atoms with van der Waals surface area (Å²) >= 11 is 0. The van der Waals surface area contributed by atoms with Gasteiger partial charge in [-0.1, -0.05) is 31.0 Å². The fourth-order valence-electron chi connectivity index (χ4n) is 3.00. The second-order valence-electron chi connectivity index (χ2n) is 7.09. The van der Waals surface area contributed by atoms with Crippen LogP contribution in [0.3, 0.4) is 0 Å². The maximum absolute atomic E-state index is 10.1. The van der Waals surface area contributed by atoms with E-state index in [-0.39, 0.29) is 11.5 Å². The summed E-state index contributed by atoms with van der Waals surface area (Å²) in [6.07, 6.45) is 4.54. The van der Waals surface area contributed by atoms with Crippen LogP contribution < -0.4 is 10.1 Å². The Morgan fingerprint density at radius 3 is 2.38 bits per heavy atom. The van der Waals surface area contributed by atoms with Crippen LogP contribution in [0.5, 0.6) is 17.2 Å². The maximum Gasteiger partial charge on any atom is 0.157 e. The normalized spacial score (nSPS) is 12.1. The van der Waals surface area contributed by atoms with Crippen LogP contribution in [0.25, 0.3) is 0 Å². The highest BCUT2D eigenvalue weighted by atomic mass is 16.5. The van der Waals surface area contributed by atoms with Crippen molar-refractivity contribution in [3.63, 3.8) is 0 Å². The summed E-state index contributed by atoms with van der Waals surface area (Å²) in [6.45, 7) is 2.77. The predicted molar refractivity (Wildman–Crippen MR) is 114 cm³/mol. The van der Waals surface area contributed by atoms with Crippen molar-refractivity contribution < 1.29 is 24.8 Å². The molecule has 0 spiro atoms. The van der Waals surface area contributed by atoms with Gasteiger partial charge in [0.1, 0.15) is 5.75 Å². The van der Waals surface area contributed by atoms with Gasteiger partial charge >= 0.3 is 0 Å². The molecule has 0 aliphatic heterocycles. The van der Waals surface area contributed by atoms with E-state index in [9.17, 15) is 15.3 Å². The van der Waals surface area contributed by atoms with Gasteiger partial charge in [-0.15, -0.1) is 0 Å². The molecule has 0 fully saturated rings. The van der Waals surface area contributed by atoms with Gasteiger partial charge in [0.2, 0.25) is 0 Å². The summed E-state index contributed by atoms with van der Waals surface area (Å²) in [4.78, 5) is 0. The van der Waals surface area contributed by atoms with Crippen LogP contribution in [-0.2, 0) is 11.2 Å². The summed E-state index contributed by atoms with van der Waals surface area (Å²) in [7, 11) is 1.67. The van der Waals surface area contributed by atoms with Gasteiger partial charge in [-0.3, -0.25) is 0 Å². The van der Waals surface area contributed by atoms with Crippen LogP contribution in [0, 0.1) is 0 Å².